The Morgan fingerprint density at radius 3 is 2.84 bits per heavy atom. The van der Waals surface area contributed by atoms with E-state index in [0.717, 1.165) is 0 Å². The molecule has 1 atom stereocenters. The third-order valence-corrected chi connectivity index (χ3v) is 4.64. The van der Waals surface area contributed by atoms with Gasteiger partial charge in [0.05, 0.1) is 19.3 Å². The molecule has 1 aliphatic rings. The lowest BCUT2D eigenvalue weighted by Crippen LogP contribution is -2.45. The molecule has 168 valence electrons. The van der Waals surface area contributed by atoms with Gasteiger partial charge in [0.1, 0.15) is 5.75 Å². The molecule has 0 spiro atoms. The normalized spacial score (nSPS) is 17.6. The summed E-state index contributed by atoms with van der Waals surface area (Å²) in [4.78, 5) is 9.73. The van der Waals surface area contributed by atoms with Crippen molar-refractivity contribution in [3.05, 3.63) is 54.1 Å². The molecule has 2 aromatic rings. The molecule has 0 radical (unpaired) electrons. The number of rotatable bonds is 7. The van der Waals surface area contributed by atoms with Crippen LogP contribution < -0.4 is 15.4 Å². The van der Waals surface area contributed by atoms with Crippen LogP contribution in [0.4, 0.5) is 17.6 Å². The Morgan fingerprint density at radius 1 is 1.32 bits per heavy atom. The van der Waals surface area contributed by atoms with Gasteiger partial charge in [0.2, 0.25) is 0 Å². The van der Waals surface area contributed by atoms with E-state index in [0.29, 0.717) is 43.3 Å². The quantitative estimate of drug-likeness (QED) is 0.391. The van der Waals surface area contributed by atoms with Crippen LogP contribution in [0.1, 0.15) is 18.9 Å². The summed E-state index contributed by atoms with van der Waals surface area (Å²) in [5, 5.41) is 6.24. The molecular formula is C21H25F4N5O. The maximum atomic E-state index is 14.4. The average Bonchev–Trinajstić information content (AvgIpc) is 3.14. The van der Waals surface area contributed by atoms with E-state index < -0.39 is 18.5 Å². The monoisotopic (exact) mass is 439 g/mol. The van der Waals surface area contributed by atoms with Gasteiger partial charge in [0.25, 0.3) is 0 Å². The Balaban J connectivity index is 1.58. The zero-order valence-electron chi connectivity index (χ0n) is 17.1. The molecule has 31 heavy (non-hydrogen) atoms. The standard InChI is InChI=1S/C21H25F4N5O/c1-2-27-20(29-16-7-9-30(13-16)14-21(23,24)25)28-11-15-5-6-19(18(22)10-15)31-17-4-3-8-26-12-17/h3-6,8,10,12,16H,2,7,9,11,13-14H2,1H3,(H2,27,28,29). The molecular weight excluding hydrogens is 414 g/mol. The minimum absolute atomic E-state index is 0.0847. The van der Waals surface area contributed by atoms with Crippen LogP contribution in [0.5, 0.6) is 11.5 Å². The van der Waals surface area contributed by atoms with E-state index in [1.54, 1.807) is 24.4 Å². The SMILES string of the molecule is CCNC(=NCc1ccc(Oc2cccnc2)c(F)c1)NC1CCN(CC(F)(F)F)C1. The number of likely N-dealkylation sites (tertiary alicyclic amines) is 1. The predicted octanol–water partition coefficient (Wildman–Crippen LogP) is 3.70. The summed E-state index contributed by atoms with van der Waals surface area (Å²) in [6.07, 6.45) is -0.523. The van der Waals surface area contributed by atoms with Crippen molar-refractivity contribution in [3.8, 4) is 11.5 Å². The Labute approximate surface area is 178 Å². The van der Waals surface area contributed by atoms with E-state index >= 15 is 0 Å². The zero-order chi connectivity index (χ0) is 22.3. The molecule has 1 unspecified atom stereocenters. The number of nitrogens with one attached hydrogen (secondary N) is 2. The number of aliphatic imine (C=N–C) groups is 1. The van der Waals surface area contributed by atoms with Gasteiger partial charge in [-0.2, -0.15) is 13.2 Å². The van der Waals surface area contributed by atoms with Crippen LogP contribution in [0.3, 0.4) is 0 Å². The number of halogens is 4. The Hall–Kier alpha value is -2.88. The number of aromatic nitrogens is 1. The summed E-state index contributed by atoms with van der Waals surface area (Å²) in [6.45, 7) is 2.45. The maximum absolute atomic E-state index is 14.4. The fraction of sp³-hybridized carbons (Fsp3) is 0.429. The molecule has 1 aromatic heterocycles. The van der Waals surface area contributed by atoms with Crippen LogP contribution in [0, 0.1) is 5.82 Å². The van der Waals surface area contributed by atoms with E-state index in [1.165, 1.54) is 23.2 Å². The fourth-order valence-corrected chi connectivity index (χ4v) is 3.29. The van der Waals surface area contributed by atoms with Gasteiger partial charge in [0, 0.05) is 31.9 Å². The molecule has 0 saturated carbocycles. The Morgan fingerprint density at radius 2 is 2.16 bits per heavy atom. The number of hydrogen-bond acceptors (Lipinski definition) is 4. The third-order valence-electron chi connectivity index (χ3n) is 4.64. The molecule has 6 nitrogen and oxygen atoms in total. The summed E-state index contributed by atoms with van der Waals surface area (Å²) >= 11 is 0. The number of alkyl halides is 3. The van der Waals surface area contributed by atoms with E-state index in [1.807, 2.05) is 6.92 Å². The number of guanidine groups is 1. The van der Waals surface area contributed by atoms with Crippen molar-refractivity contribution in [2.75, 3.05) is 26.2 Å². The van der Waals surface area contributed by atoms with Crippen LogP contribution >= 0.6 is 0 Å². The summed E-state index contributed by atoms with van der Waals surface area (Å²) in [6, 6.07) is 7.82. The molecule has 10 heteroatoms. The number of pyridine rings is 1. The van der Waals surface area contributed by atoms with Crippen LogP contribution in [-0.4, -0.2) is 54.2 Å². The summed E-state index contributed by atoms with van der Waals surface area (Å²) in [5.74, 6) is 0.481. The van der Waals surface area contributed by atoms with Crippen molar-refractivity contribution in [1.29, 1.82) is 0 Å². The first-order valence-electron chi connectivity index (χ1n) is 10.0. The van der Waals surface area contributed by atoms with Gasteiger partial charge in [-0.25, -0.2) is 9.38 Å². The lowest BCUT2D eigenvalue weighted by molar-refractivity contribution is -0.143. The van der Waals surface area contributed by atoms with Gasteiger partial charge >= 0.3 is 6.18 Å². The van der Waals surface area contributed by atoms with Crippen LogP contribution in [0.15, 0.2) is 47.7 Å². The van der Waals surface area contributed by atoms with Crippen molar-refractivity contribution < 1.29 is 22.3 Å². The number of nitrogens with zero attached hydrogens (tertiary/aromatic N) is 3. The first-order valence-corrected chi connectivity index (χ1v) is 10.0. The largest absolute Gasteiger partial charge is 0.453 e. The van der Waals surface area contributed by atoms with E-state index in [9.17, 15) is 17.6 Å². The molecule has 1 fully saturated rings. The summed E-state index contributed by atoms with van der Waals surface area (Å²) in [5.41, 5.74) is 0.637. The smallest absolute Gasteiger partial charge is 0.401 e. The van der Waals surface area contributed by atoms with Gasteiger partial charge in [-0.15, -0.1) is 0 Å². The highest BCUT2D eigenvalue weighted by Crippen LogP contribution is 2.25. The molecule has 1 aromatic carbocycles. The van der Waals surface area contributed by atoms with Crippen LogP contribution in [0.2, 0.25) is 0 Å². The second-order valence-electron chi connectivity index (χ2n) is 7.23. The van der Waals surface area contributed by atoms with Gasteiger partial charge < -0.3 is 15.4 Å². The van der Waals surface area contributed by atoms with Gasteiger partial charge in [-0.05, 0) is 43.2 Å². The minimum Gasteiger partial charge on any atom is -0.453 e. The van der Waals surface area contributed by atoms with Crippen molar-refractivity contribution in [2.24, 2.45) is 4.99 Å². The molecule has 1 saturated heterocycles. The first kappa shape index (κ1) is 22.8. The first-order chi connectivity index (χ1) is 14.8. The highest BCUT2D eigenvalue weighted by atomic mass is 19.4. The lowest BCUT2D eigenvalue weighted by Gasteiger charge is -2.19. The third kappa shape index (κ3) is 7.39. The highest BCUT2D eigenvalue weighted by molar-refractivity contribution is 5.80. The number of hydrogen-bond donors (Lipinski definition) is 2. The second-order valence-corrected chi connectivity index (χ2v) is 7.23. The molecule has 2 N–H and O–H groups in total. The van der Waals surface area contributed by atoms with Crippen LogP contribution in [0.25, 0.3) is 0 Å². The Kier molecular flexibility index (Phi) is 7.67. The molecule has 0 aliphatic carbocycles. The fourth-order valence-electron chi connectivity index (χ4n) is 3.29. The van der Waals surface area contributed by atoms with Gasteiger partial charge in [-0.3, -0.25) is 9.88 Å². The van der Waals surface area contributed by atoms with E-state index in [4.69, 9.17) is 4.74 Å². The summed E-state index contributed by atoms with van der Waals surface area (Å²) in [7, 11) is 0. The van der Waals surface area contributed by atoms with Crippen molar-refractivity contribution in [1.82, 2.24) is 20.5 Å². The maximum Gasteiger partial charge on any atom is 0.401 e. The zero-order valence-corrected chi connectivity index (χ0v) is 17.1. The van der Waals surface area contributed by atoms with Crippen molar-refractivity contribution >= 4 is 5.96 Å². The van der Waals surface area contributed by atoms with Gasteiger partial charge in [0.15, 0.2) is 17.5 Å². The number of ether oxygens (including phenoxy) is 1. The van der Waals surface area contributed by atoms with E-state index in [-0.39, 0.29) is 18.3 Å². The molecule has 1 aliphatic heterocycles. The average molecular weight is 439 g/mol. The predicted molar refractivity (Wildman–Crippen MR) is 110 cm³/mol. The van der Waals surface area contributed by atoms with Crippen molar-refractivity contribution in [3.63, 3.8) is 0 Å². The Bertz CT molecular complexity index is 876. The lowest BCUT2D eigenvalue weighted by atomic mass is 10.2. The van der Waals surface area contributed by atoms with Crippen molar-refractivity contribution in [2.45, 2.75) is 32.1 Å². The number of benzene rings is 1. The second kappa shape index (κ2) is 10.4. The van der Waals surface area contributed by atoms with E-state index in [2.05, 4.69) is 20.6 Å². The minimum atomic E-state index is -4.20. The van der Waals surface area contributed by atoms with Gasteiger partial charge in [-0.1, -0.05) is 6.07 Å². The molecule has 0 bridgehead atoms. The molecule has 3 rings (SSSR count). The topological polar surface area (TPSA) is 61.8 Å². The molecule has 2 heterocycles. The van der Waals surface area contributed by atoms with Crippen LogP contribution in [-0.2, 0) is 6.54 Å². The molecule has 0 amide bonds. The summed E-state index contributed by atoms with van der Waals surface area (Å²) < 4.78 is 57.6. The highest BCUT2D eigenvalue weighted by Gasteiger charge is 2.34.